The van der Waals surface area contributed by atoms with Gasteiger partial charge >= 0.3 is 0 Å². The van der Waals surface area contributed by atoms with Crippen LogP contribution in [-0.2, 0) is 11.2 Å². The molecule has 1 N–H and O–H groups in total. The van der Waals surface area contributed by atoms with E-state index in [0.29, 0.717) is 11.3 Å². The van der Waals surface area contributed by atoms with Crippen molar-refractivity contribution < 1.29 is 4.74 Å². The van der Waals surface area contributed by atoms with E-state index in [9.17, 15) is 0 Å². The molecule has 1 aliphatic carbocycles. The highest BCUT2D eigenvalue weighted by molar-refractivity contribution is 5.28. The van der Waals surface area contributed by atoms with Gasteiger partial charge in [0, 0.05) is 31.0 Å². The van der Waals surface area contributed by atoms with Crippen LogP contribution in [0.25, 0.3) is 0 Å². The Bertz CT molecular complexity index is 448. The minimum atomic E-state index is 0.391. The molecule has 112 valence electrons. The Morgan fingerprint density at radius 3 is 2.30 bits per heavy atom. The third kappa shape index (κ3) is 3.55. The van der Waals surface area contributed by atoms with Gasteiger partial charge in [-0.2, -0.15) is 0 Å². The zero-order chi connectivity index (χ0) is 14.8. The summed E-state index contributed by atoms with van der Waals surface area (Å²) in [7, 11) is 1.72. The van der Waals surface area contributed by atoms with Crippen molar-refractivity contribution in [3.8, 4) is 0 Å². The Morgan fingerprint density at radius 2 is 1.80 bits per heavy atom. The van der Waals surface area contributed by atoms with E-state index in [-0.39, 0.29) is 0 Å². The summed E-state index contributed by atoms with van der Waals surface area (Å²) in [5, 5.41) is 3.37. The van der Waals surface area contributed by atoms with Gasteiger partial charge in [0.1, 0.15) is 5.82 Å². The molecule has 0 amide bonds. The Kier molecular flexibility index (Phi) is 4.76. The van der Waals surface area contributed by atoms with Gasteiger partial charge in [0.2, 0.25) is 0 Å². The summed E-state index contributed by atoms with van der Waals surface area (Å²) < 4.78 is 5.02. The van der Waals surface area contributed by atoms with Crippen LogP contribution in [0, 0.1) is 19.3 Å². The SMILES string of the molecule is COCCNCCc1c(C)nc(C2CC2(C)C)nc1C. The maximum Gasteiger partial charge on any atom is 0.132 e. The van der Waals surface area contributed by atoms with Gasteiger partial charge in [-0.3, -0.25) is 0 Å². The Hall–Kier alpha value is -1.00. The predicted octanol–water partition coefficient (Wildman–Crippen LogP) is 2.39. The summed E-state index contributed by atoms with van der Waals surface area (Å²) in [5.41, 5.74) is 3.96. The molecule has 4 heteroatoms. The molecule has 0 bridgehead atoms. The average molecular weight is 277 g/mol. The molecule has 20 heavy (non-hydrogen) atoms. The first kappa shape index (κ1) is 15.4. The van der Waals surface area contributed by atoms with Gasteiger partial charge in [0.15, 0.2) is 0 Å². The van der Waals surface area contributed by atoms with Crippen molar-refractivity contribution in [3.63, 3.8) is 0 Å². The van der Waals surface area contributed by atoms with E-state index >= 15 is 0 Å². The van der Waals surface area contributed by atoms with Crippen LogP contribution in [-0.4, -0.2) is 36.8 Å². The van der Waals surface area contributed by atoms with Crippen molar-refractivity contribution in [1.82, 2.24) is 15.3 Å². The number of ether oxygens (including phenoxy) is 1. The molecule has 1 heterocycles. The van der Waals surface area contributed by atoms with Crippen molar-refractivity contribution >= 4 is 0 Å². The lowest BCUT2D eigenvalue weighted by Gasteiger charge is -2.12. The van der Waals surface area contributed by atoms with Crippen molar-refractivity contribution in [2.24, 2.45) is 5.41 Å². The van der Waals surface area contributed by atoms with Gasteiger partial charge in [-0.25, -0.2) is 9.97 Å². The molecule has 0 aliphatic heterocycles. The second-order valence-electron chi connectivity index (χ2n) is 6.47. The highest BCUT2D eigenvalue weighted by atomic mass is 16.5. The van der Waals surface area contributed by atoms with Crippen LogP contribution in [0.4, 0.5) is 0 Å². The fourth-order valence-corrected chi connectivity index (χ4v) is 2.70. The van der Waals surface area contributed by atoms with Crippen molar-refractivity contribution in [3.05, 3.63) is 22.8 Å². The lowest BCUT2D eigenvalue weighted by atomic mass is 10.1. The fraction of sp³-hybridized carbons (Fsp3) is 0.750. The van der Waals surface area contributed by atoms with Crippen molar-refractivity contribution in [2.45, 2.75) is 46.5 Å². The molecule has 1 aliphatic rings. The molecule has 1 aromatic heterocycles. The Labute approximate surface area is 122 Å². The Balaban J connectivity index is 1.97. The average Bonchev–Trinajstić information content (AvgIpc) is 3.01. The number of rotatable bonds is 7. The van der Waals surface area contributed by atoms with Gasteiger partial charge < -0.3 is 10.1 Å². The molecule has 0 spiro atoms. The molecule has 1 fully saturated rings. The smallest absolute Gasteiger partial charge is 0.132 e. The van der Waals surface area contributed by atoms with Crippen LogP contribution in [0.3, 0.4) is 0 Å². The van der Waals surface area contributed by atoms with E-state index in [2.05, 4.69) is 33.0 Å². The monoisotopic (exact) mass is 277 g/mol. The molecule has 1 aromatic rings. The third-order valence-electron chi connectivity index (χ3n) is 4.30. The number of nitrogens with zero attached hydrogens (tertiary/aromatic N) is 2. The van der Waals surface area contributed by atoms with E-state index in [1.165, 1.54) is 12.0 Å². The first-order chi connectivity index (χ1) is 9.45. The van der Waals surface area contributed by atoms with Gasteiger partial charge in [0.05, 0.1) is 6.61 Å². The molecule has 1 unspecified atom stereocenters. The number of hydrogen-bond donors (Lipinski definition) is 1. The lowest BCUT2D eigenvalue weighted by molar-refractivity contribution is 0.199. The summed E-state index contributed by atoms with van der Waals surface area (Å²) in [6, 6.07) is 0. The molecule has 0 saturated heterocycles. The summed E-state index contributed by atoms with van der Waals surface area (Å²) >= 11 is 0. The topological polar surface area (TPSA) is 47.0 Å². The third-order valence-corrected chi connectivity index (χ3v) is 4.30. The highest BCUT2D eigenvalue weighted by Crippen LogP contribution is 2.57. The predicted molar refractivity (Wildman–Crippen MR) is 81.1 cm³/mol. The largest absolute Gasteiger partial charge is 0.383 e. The fourth-order valence-electron chi connectivity index (χ4n) is 2.70. The molecule has 1 atom stereocenters. The quantitative estimate of drug-likeness (QED) is 0.777. The Morgan fingerprint density at radius 1 is 1.20 bits per heavy atom. The zero-order valence-electron chi connectivity index (χ0n) is 13.4. The standard InChI is InChI=1S/C16H27N3O/c1-11-13(6-7-17-8-9-20-5)12(2)19-15(18-11)14-10-16(14,3)4/h14,17H,6-10H2,1-5H3. The second-order valence-corrected chi connectivity index (χ2v) is 6.47. The second kappa shape index (κ2) is 6.19. The minimum Gasteiger partial charge on any atom is -0.383 e. The molecule has 2 rings (SSSR count). The first-order valence-corrected chi connectivity index (χ1v) is 7.49. The highest BCUT2D eigenvalue weighted by Gasteiger charge is 2.48. The van der Waals surface area contributed by atoms with E-state index in [0.717, 1.165) is 43.3 Å². The maximum atomic E-state index is 5.02. The maximum absolute atomic E-state index is 5.02. The summed E-state index contributed by atoms with van der Waals surface area (Å²) in [4.78, 5) is 9.49. The van der Waals surface area contributed by atoms with E-state index in [4.69, 9.17) is 14.7 Å². The van der Waals surface area contributed by atoms with Gasteiger partial charge in [0.25, 0.3) is 0 Å². The van der Waals surface area contributed by atoms with Crippen molar-refractivity contribution in [2.75, 3.05) is 26.8 Å². The normalized spacial score (nSPS) is 20.1. The molecule has 4 nitrogen and oxygen atoms in total. The number of nitrogens with one attached hydrogen (secondary N) is 1. The van der Waals surface area contributed by atoms with Crippen LogP contribution >= 0.6 is 0 Å². The van der Waals surface area contributed by atoms with Crippen LogP contribution in [0.2, 0.25) is 0 Å². The van der Waals surface area contributed by atoms with Crippen LogP contribution in [0.1, 0.15) is 49.0 Å². The molecular formula is C16H27N3O. The number of aryl methyl sites for hydroxylation is 2. The van der Waals surface area contributed by atoms with Crippen molar-refractivity contribution in [1.29, 1.82) is 0 Å². The van der Waals surface area contributed by atoms with E-state index in [1.54, 1.807) is 7.11 Å². The lowest BCUT2D eigenvalue weighted by Crippen LogP contribution is -2.22. The number of methoxy groups -OCH3 is 1. The molecule has 1 saturated carbocycles. The first-order valence-electron chi connectivity index (χ1n) is 7.49. The van der Waals surface area contributed by atoms with Crippen LogP contribution in [0.15, 0.2) is 0 Å². The van der Waals surface area contributed by atoms with E-state index in [1.807, 2.05) is 0 Å². The minimum absolute atomic E-state index is 0.391. The number of aromatic nitrogens is 2. The summed E-state index contributed by atoms with van der Waals surface area (Å²) in [5.74, 6) is 1.59. The van der Waals surface area contributed by atoms with E-state index < -0.39 is 0 Å². The van der Waals surface area contributed by atoms with Gasteiger partial charge in [-0.1, -0.05) is 13.8 Å². The van der Waals surface area contributed by atoms with Gasteiger partial charge in [-0.05, 0) is 44.2 Å². The molecule has 0 aromatic carbocycles. The van der Waals surface area contributed by atoms with Gasteiger partial charge in [-0.15, -0.1) is 0 Å². The van der Waals surface area contributed by atoms with Crippen LogP contribution in [0.5, 0.6) is 0 Å². The molecule has 0 radical (unpaired) electrons. The summed E-state index contributed by atoms with van der Waals surface area (Å²) in [6.45, 7) is 11.4. The summed E-state index contributed by atoms with van der Waals surface area (Å²) in [6.07, 6.45) is 2.19. The zero-order valence-corrected chi connectivity index (χ0v) is 13.4. The number of hydrogen-bond acceptors (Lipinski definition) is 4. The molecular weight excluding hydrogens is 250 g/mol. The van der Waals surface area contributed by atoms with Crippen LogP contribution < -0.4 is 5.32 Å².